The lowest BCUT2D eigenvalue weighted by Gasteiger charge is -2.19. The van der Waals surface area contributed by atoms with Gasteiger partial charge in [0.2, 0.25) is 0 Å². The van der Waals surface area contributed by atoms with E-state index in [1.807, 2.05) is 0 Å². The molecule has 0 radical (unpaired) electrons. The van der Waals surface area contributed by atoms with Crippen molar-refractivity contribution in [1.82, 2.24) is 24.7 Å². The van der Waals surface area contributed by atoms with Gasteiger partial charge in [-0.3, -0.25) is 9.59 Å². The van der Waals surface area contributed by atoms with Gasteiger partial charge in [0, 0.05) is 5.56 Å². The van der Waals surface area contributed by atoms with Crippen molar-refractivity contribution in [2.24, 2.45) is 0 Å². The number of benzene rings is 1. The van der Waals surface area contributed by atoms with E-state index in [2.05, 4.69) is 20.8 Å². The van der Waals surface area contributed by atoms with Crippen molar-refractivity contribution in [2.45, 2.75) is 25.4 Å². The molecule has 0 saturated carbocycles. The molecule has 2 N–H and O–H groups in total. The van der Waals surface area contributed by atoms with Gasteiger partial charge in [-0.2, -0.15) is 36.5 Å². The number of halogens is 7. The summed E-state index contributed by atoms with van der Waals surface area (Å²) in [4.78, 5) is 25.1. The van der Waals surface area contributed by atoms with Gasteiger partial charge >= 0.3 is 12.4 Å². The van der Waals surface area contributed by atoms with E-state index in [1.54, 1.807) is 18.2 Å². The van der Waals surface area contributed by atoms with Crippen LogP contribution < -0.4 is 10.6 Å². The monoisotopic (exact) mass is 544 g/mol. The molecule has 4 rings (SSSR count). The number of hydrogen-bond donors (Lipinski definition) is 2. The number of amides is 2. The van der Waals surface area contributed by atoms with Gasteiger partial charge in [-0.05, 0) is 31.2 Å². The summed E-state index contributed by atoms with van der Waals surface area (Å²) in [7, 11) is 0. The number of nitrogens with one attached hydrogen (secondary N) is 2. The van der Waals surface area contributed by atoms with Gasteiger partial charge in [0.15, 0.2) is 5.69 Å². The Morgan fingerprint density at radius 1 is 0.946 bits per heavy atom. The summed E-state index contributed by atoms with van der Waals surface area (Å²) >= 11 is 5.85. The molecule has 0 saturated heterocycles. The predicted molar refractivity (Wildman–Crippen MR) is 119 cm³/mol. The summed E-state index contributed by atoms with van der Waals surface area (Å²) in [5.74, 6) is -1.92. The van der Waals surface area contributed by atoms with E-state index < -0.39 is 47.3 Å². The van der Waals surface area contributed by atoms with E-state index in [0.29, 0.717) is 21.5 Å². The molecule has 0 spiro atoms. The van der Waals surface area contributed by atoms with Gasteiger partial charge in [-0.25, -0.2) is 9.20 Å². The quantitative estimate of drug-likeness (QED) is 0.328. The number of rotatable bonds is 5. The summed E-state index contributed by atoms with van der Waals surface area (Å²) in [6.45, 7) is 1.25. The first-order chi connectivity index (χ1) is 17.3. The Hall–Kier alpha value is -4.07. The minimum absolute atomic E-state index is 0.202. The second-order valence-electron chi connectivity index (χ2n) is 7.74. The Balaban J connectivity index is 1.62. The Bertz CT molecular complexity index is 1480. The van der Waals surface area contributed by atoms with E-state index in [1.165, 1.54) is 19.1 Å². The standard InChI is InChI=1S/C22H15ClF6N6O2/c1-11(32-19(36)12-5-3-2-4-6-12)34-18(22(27,28)29)14(10-31-34)20(37)33-13-7-16-15(23)8-17(21(24,25)26)35(16)30-9-13/h2-11H,1H3,(H,32,36)(H,33,37). The fraction of sp³-hybridized carbons (Fsp3) is 0.182. The summed E-state index contributed by atoms with van der Waals surface area (Å²) < 4.78 is 82.2. The van der Waals surface area contributed by atoms with Gasteiger partial charge in [0.25, 0.3) is 11.8 Å². The molecule has 1 aromatic carbocycles. The molecular weight excluding hydrogens is 530 g/mol. The molecule has 37 heavy (non-hydrogen) atoms. The van der Waals surface area contributed by atoms with Crippen LogP contribution in [0, 0.1) is 0 Å². The molecule has 8 nitrogen and oxygen atoms in total. The summed E-state index contributed by atoms with van der Waals surface area (Å²) in [5, 5.41) is 11.4. The number of alkyl halides is 6. The van der Waals surface area contributed by atoms with Crippen molar-refractivity contribution in [2.75, 3.05) is 5.32 Å². The number of carbonyl (C=O) groups is 2. The minimum Gasteiger partial charge on any atom is -0.330 e. The van der Waals surface area contributed by atoms with Crippen LogP contribution in [-0.4, -0.2) is 31.2 Å². The zero-order chi connectivity index (χ0) is 27.1. The van der Waals surface area contributed by atoms with Crippen LogP contribution in [0.15, 0.2) is 54.9 Å². The smallest absolute Gasteiger partial charge is 0.330 e. The zero-order valence-corrected chi connectivity index (χ0v) is 19.3. The first-order valence-corrected chi connectivity index (χ1v) is 10.7. The number of anilines is 1. The van der Waals surface area contributed by atoms with Crippen LogP contribution in [-0.2, 0) is 12.4 Å². The fourth-order valence-electron chi connectivity index (χ4n) is 3.54. The second kappa shape index (κ2) is 9.42. The molecule has 0 aliphatic rings. The predicted octanol–water partition coefficient (Wildman–Crippen LogP) is 5.42. The van der Waals surface area contributed by atoms with E-state index in [0.717, 1.165) is 12.3 Å². The average molecular weight is 545 g/mol. The van der Waals surface area contributed by atoms with Crippen molar-refractivity contribution in [3.8, 4) is 0 Å². The number of nitrogens with zero attached hydrogens (tertiary/aromatic N) is 4. The van der Waals surface area contributed by atoms with E-state index in [4.69, 9.17) is 11.6 Å². The molecule has 2 amide bonds. The van der Waals surface area contributed by atoms with Gasteiger partial charge in [0.05, 0.1) is 34.2 Å². The molecule has 4 aromatic rings. The first kappa shape index (κ1) is 26.0. The Morgan fingerprint density at radius 2 is 1.62 bits per heavy atom. The van der Waals surface area contributed by atoms with Crippen molar-refractivity contribution >= 4 is 34.6 Å². The summed E-state index contributed by atoms with van der Waals surface area (Å²) in [6.07, 6.45) is -9.62. The van der Waals surface area contributed by atoms with Gasteiger partial charge < -0.3 is 10.6 Å². The topological polar surface area (TPSA) is 93.3 Å². The number of carbonyl (C=O) groups excluding carboxylic acids is 2. The second-order valence-corrected chi connectivity index (χ2v) is 8.14. The Morgan fingerprint density at radius 3 is 2.24 bits per heavy atom. The molecule has 1 atom stereocenters. The van der Waals surface area contributed by atoms with Crippen molar-refractivity contribution in [3.63, 3.8) is 0 Å². The molecule has 0 bridgehead atoms. The Labute approximate surface area is 208 Å². The van der Waals surface area contributed by atoms with E-state index in [-0.39, 0.29) is 21.8 Å². The summed E-state index contributed by atoms with van der Waals surface area (Å²) in [6, 6.07) is 9.41. The van der Waals surface area contributed by atoms with Crippen LogP contribution in [0.1, 0.15) is 45.2 Å². The SMILES string of the molecule is CC(NC(=O)c1ccccc1)n1ncc(C(=O)Nc2cnn3c(C(F)(F)F)cc(Cl)c3c2)c1C(F)(F)F. The van der Waals surface area contributed by atoms with E-state index in [9.17, 15) is 35.9 Å². The van der Waals surface area contributed by atoms with Crippen molar-refractivity contribution in [1.29, 1.82) is 0 Å². The lowest BCUT2D eigenvalue weighted by atomic mass is 10.2. The molecule has 0 fully saturated rings. The van der Waals surface area contributed by atoms with Gasteiger partial charge in [-0.15, -0.1) is 0 Å². The van der Waals surface area contributed by atoms with Crippen molar-refractivity contribution < 1.29 is 35.9 Å². The van der Waals surface area contributed by atoms with Crippen LogP contribution in [0.5, 0.6) is 0 Å². The normalized spacial score (nSPS) is 13.0. The number of hydrogen-bond acceptors (Lipinski definition) is 4. The van der Waals surface area contributed by atoms with Crippen LogP contribution in [0.2, 0.25) is 5.02 Å². The highest BCUT2D eigenvalue weighted by Gasteiger charge is 2.41. The van der Waals surface area contributed by atoms with Gasteiger partial charge in [-0.1, -0.05) is 29.8 Å². The van der Waals surface area contributed by atoms with Crippen LogP contribution in [0.4, 0.5) is 32.0 Å². The van der Waals surface area contributed by atoms with Crippen LogP contribution >= 0.6 is 11.6 Å². The highest BCUT2D eigenvalue weighted by atomic mass is 35.5. The van der Waals surface area contributed by atoms with Crippen LogP contribution in [0.3, 0.4) is 0 Å². The maximum Gasteiger partial charge on any atom is 0.433 e. The average Bonchev–Trinajstić information content (AvgIpc) is 3.42. The molecule has 0 aliphatic carbocycles. The third-order valence-electron chi connectivity index (χ3n) is 5.17. The lowest BCUT2D eigenvalue weighted by molar-refractivity contribution is -0.145. The summed E-state index contributed by atoms with van der Waals surface area (Å²) in [5.41, 5.74) is -3.73. The van der Waals surface area contributed by atoms with Crippen LogP contribution in [0.25, 0.3) is 5.52 Å². The molecular formula is C22H15ClF6N6O2. The minimum atomic E-state index is -5.05. The number of fused-ring (bicyclic) bond motifs is 1. The molecule has 0 aliphatic heterocycles. The van der Waals surface area contributed by atoms with Gasteiger partial charge in [0.1, 0.15) is 11.9 Å². The molecule has 1 unspecified atom stereocenters. The largest absolute Gasteiger partial charge is 0.433 e. The maximum atomic E-state index is 13.9. The molecule has 3 heterocycles. The first-order valence-electron chi connectivity index (χ1n) is 10.3. The highest BCUT2D eigenvalue weighted by Crippen LogP contribution is 2.36. The third-order valence-corrected chi connectivity index (χ3v) is 5.47. The third kappa shape index (κ3) is 5.23. The van der Waals surface area contributed by atoms with E-state index >= 15 is 0 Å². The lowest BCUT2D eigenvalue weighted by Crippen LogP contribution is -2.33. The zero-order valence-electron chi connectivity index (χ0n) is 18.5. The number of aromatic nitrogens is 4. The maximum absolute atomic E-state index is 13.9. The Kier molecular flexibility index (Phi) is 6.62. The molecule has 15 heteroatoms. The molecule has 3 aromatic heterocycles. The molecule has 194 valence electrons. The fourth-order valence-corrected chi connectivity index (χ4v) is 3.78. The van der Waals surface area contributed by atoms with Crippen molar-refractivity contribution in [3.05, 3.63) is 82.4 Å². The highest BCUT2D eigenvalue weighted by molar-refractivity contribution is 6.34.